The summed E-state index contributed by atoms with van der Waals surface area (Å²) in [5.41, 5.74) is 9.74. The largest absolute Gasteiger partial charge is 0.309 e. The third-order valence-electron chi connectivity index (χ3n) is 9.66. The topological polar surface area (TPSA) is 9.86 Å². The molecule has 10 rings (SSSR count). The van der Waals surface area contributed by atoms with E-state index in [0.29, 0.717) is 0 Å². The molecule has 0 radical (unpaired) electrons. The lowest BCUT2D eigenvalue weighted by Crippen LogP contribution is -1.93. The maximum atomic E-state index is 2.41. The van der Waals surface area contributed by atoms with Crippen LogP contribution in [-0.4, -0.2) is 9.13 Å². The Kier molecular flexibility index (Phi) is 5.31. The molecule has 0 N–H and O–H groups in total. The van der Waals surface area contributed by atoms with Crippen LogP contribution in [0.15, 0.2) is 170 Å². The van der Waals surface area contributed by atoms with Gasteiger partial charge in [-0.1, -0.05) is 103 Å². The molecule has 0 aliphatic carbocycles. The number of hydrogen-bond donors (Lipinski definition) is 0. The molecule has 0 fully saturated rings. The number of rotatable bonds is 3. The zero-order chi connectivity index (χ0) is 30.2. The monoisotopic (exact) mass is 584 g/mol. The normalized spacial score (nSPS) is 11.9. The van der Waals surface area contributed by atoms with Crippen LogP contribution in [-0.2, 0) is 0 Å². The van der Waals surface area contributed by atoms with Crippen LogP contribution in [0.4, 0.5) is 0 Å². The highest BCUT2D eigenvalue weighted by atomic mass is 15.0. The Bertz CT molecular complexity index is 2780. The molecule has 0 aliphatic rings. The highest BCUT2D eigenvalue weighted by molar-refractivity contribution is 6.21. The molecule has 10 aromatic rings. The Morgan fingerprint density at radius 1 is 0.283 bits per heavy atom. The summed E-state index contributed by atoms with van der Waals surface area (Å²) in [6.07, 6.45) is 0. The van der Waals surface area contributed by atoms with E-state index in [9.17, 15) is 0 Å². The van der Waals surface area contributed by atoms with Gasteiger partial charge in [0.2, 0.25) is 0 Å². The lowest BCUT2D eigenvalue weighted by Gasteiger charge is -2.13. The van der Waals surface area contributed by atoms with Crippen LogP contribution in [0.3, 0.4) is 0 Å². The Morgan fingerprint density at radius 3 is 1.43 bits per heavy atom. The second-order valence-electron chi connectivity index (χ2n) is 12.2. The molecule has 0 saturated heterocycles. The van der Waals surface area contributed by atoms with E-state index in [-0.39, 0.29) is 0 Å². The zero-order valence-corrected chi connectivity index (χ0v) is 25.1. The molecular weight excluding hydrogens is 556 g/mol. The second-order valence-corrected chi connectivity index (χ2v) is 12.2. The zero-order valence-electron chi connectivity index (χ0n) is 25.1. The van der Waals surface area contributed by atoms with Gasteiger partial charge >= 0.3 is 0 Å². The van der Waals surface area contributed by atoms with Crippen LogP contribution in [0, 0.1) is 0 Å². The van der Waals surface area contributed by atoms with Crippen molar-refractivity contribution in [2.75, 3.05) is 0 Å². The van der Waals surface area contributed by atoms with E-state index in [4.69, 9.17) is 0 Å². The first-order chi connectivity index (χ1) is 22.8. The molecule has 2 nitrogen and oxygen atoms in total. The third kappa shape index (κ3) is 3.59. The Balaban J connectivity index is 1.27. The molecule has 2 heteroatoms. The fourth-order valence-electron chi connectivity index (χ4n) is 7.66. The molecular formula is C44H28N2. The number of benzene rings is 8. The van der Waals surface area contributed by atoms with Crippen molar-refractivity contribution < 1.29 is 0 Å². The van der Waals surface area contributed by atoms with Gasteiger partial charge < -0.3 is 9.13 Å². The lowest BCUT2D eigenvalue weighted by molar-refractivity contribution is 1.18. The van der Waals surface area contributed by atoms with E-state index in [1.165, 1.54) is 87.7 Å². The van der Waals surface area contributed by atoms with E-state index in [1.54, 1.807) is 0 Å². The summed E-state index contributed by atoms with van der Waals surface area (Å²) in [5, 5.41) is 10.1. The highest BCUT2D eigenvalue weighted by Crippen LogP contribution is 2.42. The van der Waals surface area contributed by atoms with Crippen molar-refractivity contribution in [1.82, 2.24) is 9.13 Å². The first kappa shape index (κ1) is 25.2. The first-order valence-corrected chi connectivity index (χ1v) is 15.9. The second kappa shape index (κ2) is 9.69. The Hall–Kier alpha value is -6.12. The Labute approximate surface area is 266 Å². The van der Waals surface area contributed by atoms with Crippen molar-refractivity contribution in [3.63, 3.8) is 0 Å². The van der Waals surface area contributed by atoms with Gasteiger partial charge in [-0.3, -0.25) is 0 Å². The number of fused-ring (bicyclic) bond motifs is 9. The molecule has 0 bridgehead atoms. The van der Waals surface area contributed by atoms with Gasteiger partial charge in [0.05, 0.1) is 22.1 Å². The van der Waals surface area contributed by atoms with Crippen LogP contribution in [0.2, 0.25) is 0 Å². The quantitative estimate of drug-likeness (QED) is 0.183. The van der Waals surface area contributed by atoms with E-state index in [2.05, 4.69) is 179 Å². The number of aromatic nitrogens is 2. The predicted octanol–water partition coefficient (Wildman–Crippen LogP) is 11.9. The van der Waals surface area contributed by atoms with Crippen molar-refractivity contribution in [2.45, 2.75) is 0 Å². The third-order valence-corrected chi connectivity index (χ3v) is 9.66. The molecule has 214 valence electrons. The lowest BCUT2D eigenvalue weighted by atomic mass is 9.92. The van der Waals surface area contributed by atoms with Crippen molar-refractivity contribution in [3.05, 3.63) is 170 Å². The SMILES string of the molecule is c1ccc(-n2c3ccccc3c3cc(-c4cc5cc6c7ccccc7n(-c7ccccc7)c6cc5c5ccccc45)ccc32)cc1. The van der Waals surface area contributed by atoms with Crippen molar-refractivity contribution in [3.8, 4) is 22.5 Å². The van der Waals surface area contributed by atoms with Crippen LogP contribution in [0.1, 0.15) is 0 Å². The van der Waals surface area contributed by atoms with Gasteiger partial charge in [0.15, 0.2) is 0 Å². The molecule has 2 aromatic heterocycles. The predicted molar refractivity (Wildman–Crippen MR) is 196 cm³/mol. The maximum absolute atomic E-state index is 2.41. The maximum Gasteiger partial charge on any atom is 0.0547 e. The molecule has 0 unspecified atom stereocenters. The smallest absolute Gasteiger partial charge is 0.0547 e. The number of hydrogen-bond acceptors (Lipinski definition) is 0. The van der Waals surface area contributed by atoms with Gasteiger partial charge in [0.25, 0.3) is 0 Å². The van der Waals surface area contributed by atoms with E-state index >= 15 is 0 Å². The standard InChI is InChI=1S/C44H28N2/c1-3-13-31(14-4-1)45-41-21-11-9-19-35(41)39-25-29(23-24-43(39)45)37-26-30-27-40-36-20-10-12-22-42(36)46(32-15-5-2-6-16-32)44(40)28-38(30)34-18-8-7-17-33(34)37/h1-28H. The van der Waals surface area contributed by atoms with E-state index < -0.39 is 0 Å². The van der Waals surface area contributed by atoms with Crippen molar-refractivity contribution >= 4 is 65.2 Å². The van der Waals surface area contributed by atoms with Gasteiger partial charge in [-0.25, -0.2) is 0 Å². The minimum atomic E-state index is 1.18. The summed E-state index contributed by atoms with van der Waals surface area (Å²) in [6, 6.07) is 62.0. The summed E-state index contributed by atoms with van der Waals surface area (Å²) in [7, 11) is 0. The average Bonchev–Trinajstić information content (AvgIpc) is 3.63. The molecule has 0 atom stereocenters. The van der Waals surface area contributed by atoms with Crippen LogP contribution >= 0.6 is 0 Å². The minimum Gasteiger partial charge on any atom is -0.309 e. The minimum absolute atomic E-state index is 1.18. The Morgan fingerprint density at radius 2 is 0.783 bits per heavy atom. The van der Waals surface area contributed by atoms with Gasteiger partial charge in [0.1, 0.15) is 0 Å². The molecule has 8 aromatic carbocycles. The van der Waals surface area contributed by atoms with Gasteiger partial charge in [-0.05, 0) is 99.4 Å². The fourth-order valence-corrected chi connectivity index (χ4v) is 7.66. The van der Waals surface area contributed by atoms with Crippen molar-refractivity contribution in [2.24, 2.45) is 0 Å². The number of para-hydroxylation sites is 4. The molecule has 0 amide bonds. The summed E-state index contributed by atoms with van der Waals surface area (Å²) < 4.78 is 4.79. The van der Waals surface area contributed by atoms with Crippen LogP contribution < -0.4 is 0 Å². The fraction of sp³-hybridized carbons (Fsp3) is 0. The first-order valence-electron chi connectivity index (χ1n) is 15.9. The van der Waals surface area contributed by atoms with Crippen LogP contribution in [0.5, 0.6) is 0 Å². The molecule has 2 heterocycles. The van der Waals surface area contributed by atoms with Gasteiger partial charge in [-0.2, -0.15) is 0 Å². The average molecular weight is 585 g/mol. The summed E-state index contributed by atoms with van der Waals surface area (Å²) >= 11 is 0. The van der Waals surface area contributed by atoms with Crippen molar-refractivity contribution in [1.29, 1.82) is 0 Å². The van der Waals surface area contributed by atoms with E-state index in [0.717, 1.165) is 0 Å². The van der Waals surface area contributed by atoms with Gasteiger partial charge in [-0.15, -0.1) is 0 Å². The van der Waals surface area contributed by atoms with E-state index in [1.807, 2.05) is 0 Å². The molecule has 0 saturated carbocycles. The molecule has 0 aliphatic heterocycles. The molecule has 46 heavy (non-hydrogen) atoms. The number of nitrogens with zero attached hydrogens (tertiary/aromatic N) is 2. The summed E-state index contributed by atoms with van der Waals surface area (Å²) in [4.78, 5) is 0. The molecule has 0 spiro atoms. The summed E-state index contributed by atoms with van der Waals surface area (Å²) in [6.45, 7) is 0. The highest BCUT2D eigenvalue weighted by Gasteiger charge is 2.17. The summed E-state index contributed by atoms with van der Waals surface area (Å²) in [5.74, 6) is 0. The van der Waals surface area contributed by atoms with Crippen LogP contribution in [0.25, 0.3) is 87.7 Å². The van der Waals surface area contributed by atoms with Gasteiger partial charge in [0, 0.05) is 32.9 Å².